The van der Waals surface area contributed by atoms with E-state index in [1.807, 2.05) is 0 Å². The molecule has 4 rings (SSSR count). The SMILES string of the molecule is Cc1c(CN[C@H]2CCCc3ccccc32)cccc1-c1ccccc1. The molecular weight excluding hydrogens is 302 g/mol. The molecule has 1 atom stereocenters. The summed E-state index contributed by atoms with van der Waals surface area (Å²) in [4.78, 5) is 0. The second-order valence-electron chi connectivity index (χ2n) is 6.98. The Morgan fingerprint density at radius 2 is 1.68 bits per heavy atom. The van der Waals surface area contributed by atoms with Crippen LogP contribution in [-0.2, 0) is 13.0 Å². The van der Waals surface area contributed by atoms with Crippen molar-refractivity contribution in [1.82, 2.24) is 5.32 Å². The number of hydrogen-bond donors (Lipinski definition) is 1. The van der Waals surface area contributed by atoms with E-state index in [1.165, 1.54) is 52.6 Å². The van der Waals surface area contributed by atoms with Gasteiger partial charge in [0.25, 0.3) is 0 Å². The van der Waals surface area contributed by atoms with Gasteiger partial charge >= 0.3 is 0 Å². The predicted octanol–water partition coefficient (Wildman–Crippen LogP) is 5.83. The fourth-order valence-corrected chi connectivity index (χ4v) is 4.00. The fraction of sp³-hybridized carbons (Fsp3) is 0.250. The Kier molecular flexibility index (Phi) is 4.67. The average molecular weight is 327 g/mol. The average Bonchev–Trinajstić information content (AvgIpc) is 2.68. The van der Waals surface area contributed by atoms with Crippen molar-refractivity contribution in [3.8, 4) is 11.1 Å². The maximum absolute atomic E-state index is 3.81. The first-order valence-corrected chi connectivity index (χ1v) is 9.28. The molecule has 0 spiro atoms. The molecule has 25 heavy (non-hydrogen) atoms. The summed E-state index contributed by atoms with van der Waals surface area (Å²) in [5, 5.41) is 3.81. The molecule has 1 heteroatoms. The van der Waals surface area contributed by atoms with E-state index >= 15 is 0 Å². The van der Waals surface area contributed by atoms with Gasteiger partial charge in [-0.05, 0) is 59.6 Å². The molecule has 1 aliphatic rings. The molecule has 0 radical (unpaired) electrons. The molecule has 0 aromatic heterocycles. The number of aryl methyl sites for hydroxylation is 1. The van der Waals surface area contributed by atoms with Crippen LogP contribution in [0.2, 0.25) is 0 Å². The van der Waals surface area contributed by atoms with Gasteiger partial charge in [0.1, 0.15) is 0 Å². The number of fused-ring (bicyclic) bond motifs is 1. The fourth-order valence-electron chi connectivity index (χ4n) is 4.00. The number of nitrogens with one attached hydrogen (secondary N) is 1. The summed E-state index contributed by atoms with van der Waals surface area (Å²) in [6.45, 7) is 3.17. The second-order valence-corrected chi connectivity index (χ2v) is 6.98. The maximum atomic E-state index is 3.81. The van der Waals surface area contributed by atoms with Gasteiger partial charge < -0.3 is 5.32 Å². The zero-order valence-electron chi connectivity index (χ0n) is 14.8. The summed E-state index contributed by atoms with van der Waals surface area (Å²) in [7, 11) is 0. The highest BCUT2D eigenvalue weighted by atomic mass is 14.9. The molecule has 0 bridgehead atoms. The Labute approximate surface area is 150 Å². The molecule has 0 unspecified atom stereocenters. The number of benzene rings is 3. The Morgan fingerprint density at radius 1 is 0.880 bits per heavy atom. The minimum absolute atomic E-state index is 0.477. The molecule has 1 aliphatic carbocycles. The monoisotopic (exact) mass is 327 g/mol. The lowest BCUT2D eigenvalue weighted by molar-refractivity contribution is 0.458. The predicted molar refractivity (Wildman–Crippen MR) is 106 cm³/mol. The lowest BCUT2D eigenvalue weighted by Gasteiger charge is -2.27. The van der Waals surface area contributed by atoms with Gasteiger partial charge in [-0.3, -0.25) is 0 Å². The van der Waals surface area contributed by atoms with Crippen molar-refractivity contribution in [3.63, 3.8) is 0 Å². The van der Waals surface area contributed by atoms with E-state index in [1.54, 1.807) is 0 Å². The van der Waals surface area contributed by atoms with Crippen LogP contribution >= 0.6 is 0 Å². The molecule has 0 saturated heterocycles. The van der Waals surface area contributed by atoms with Gasteiger partial charge in [-0.15, -0.1) is 0 Å². The van der Waals surface area contributed by atoms with E-state index in [4.69, 9.17) is 0 Å². The van der Waals surface area contributed by atoms with Crippen LogP contribution in [0.4, 0.5) is 0 Å². The zero-order chi connectivity index (χ0) is 17.1. The summed E-state index contributed by atoms with van der Waals surface area (Å²) in [5.74, 6) is 0. The minimum atomic E-state index is 0.477. The molecule has 0 amide bonds. The van der Waals surface area contributed by atoms with Gasteiger partial charge in [0, 0.05) is 12.6 Å². The molecule has 0 fully saturated rings. The van der Waals surface area contributed by atoms with E-state index in [9.17, 15) is 0 Å². The van der Waals surface area contributed by atoms with Crippen molar-refractivity contribution in [2.45, 2.75) is 38.8 Å². The van der Waals surface area contributed by atoms with Crippen molar-refractivity contribution in [1.29, 1.82) is 0 Å². The summed E-state index contributed by atoms with van der Waals surface area (Å²) in [5.41, 5.74) is 8.41. The first kappa shape index (κ1) is 16.1. The van der Waals surface area contributed by atoms with E-state index in [2.05, 4.69) is 85.0 Å². The van der Waals surface area contributed by atoms with Crippen LogP contribution in [0, 0.1) is 6.92 Å². The lowest BCUT2D eigenvalue weighted by atomic mass is 9.87. The standard InChI is InChI=1S/C24H25N/c1-18-21(13-7-15-22(18)19-9-3-2-4-10-19)17-25-24-16-8-12-20-11-5-6-14-23(20)24/h2-7,9-11,13-15,24-25H,8,12,16-17H2,1H3/t24-/m0/s1. The highest BCUT2D eigenvalue weighted by Gasteiger charge is 2.19. The Morgan fingerprint density at radius 3 is 2.56 bits per heavy atom. The number of hydrogen-bond acceptors (Lipinski definition) is 1. The largest absolute Gasteiger partial charge is 0.306 e. The van der Waals surface area contributed by atoms with Gasteiger partial charge in [0.05, 0.1) is 0 Å². The molecule has 0 aliphatic heterocycles. The van der Waals surface area contributed by atoms with Gasteiger partial charge in [-0.25, -0.2) is 0 Å². The third-order valence-corrected chi connectivity index (χ3v) is 5.44. The second kappa shape index (κ2) is 7.25. The number of rotatable bonds is 4. The topological polar surface area (TPSA) is 12.0 Å². The highest BCUT2D eigenvalue weighted by Crippen LogP contribution is 2.30. The van der Waals surface area contributed by atoms with Crippen molar-refractivity contribution >= 4 is 0 Å². The molecule has 3 aromatic carbocycles. The van der Waals surface area contributed by atoms with Crippen LogP contribution in [-0.4, -0.2) is 0 Å². The first-order valence-electron chi connectivity index (χ1n) is 9.28. The quantitative estimate of drug-likeness (QED) is 0.636. The minimum Gasteiger partial charge on any atom is -0.306 e. The molecule has 0 heterocycles. The summed E-state index contributed by atoms with van der Waals surface area (Å²) in [6, 6.07) is 26.7. The molecule has 126 valence electrons. The van der Waals surface area contributed by atoms with Gasteiger partial charge in [-0.2, -0.15) is 0 Å². The van der Waals surface area contributed by atoms with Crippen molar-refractivity contribution in [3.05, 3.63) is 95.1 Å². The molecule has 3 aromatic rings. The lowest BCUT2D eigenvalue weighted by Crippen LogP contribution is -2.25. The van der Waals surface area contributed by atoms with Crippen LogP contribution in [0.15, 0.2) is 72.8 Å². The molecule has 1 N–H and O–H groups in total. The molecule has 1 nitrogen and oxygen atoms in total. The summed E-state index contributed by atoms with van der Waals surface area (Å²) >= 11 is 0. The van der Waals surface area contributed by atoms with E-state index in [0.29, 0.717) is 6.04 Å². The normalized spacial score (nSPS) is 16.4. The third-order valence-electron chi connectivity index (χ3n) is 5.44. The van der Waals surface area contributed by atoms with Crippen molar-refractivity contribution in [2.75, 3.05) is 0 Å². The van der Waals surface area contributed by atoms with Crippen LogP contribution in [0.5, 0.6) is 0 Å². The Balaban J connectivity index is 1.55. The smallest absolute Gasteiger partial charge is 0.0326 e. The maximum Gasteiger partial charge on any atom is 0.0326 e. The summed E-state index contributed by atoms with van der Waals surface area (Å²) in [6.07, 6.45) is 3.73. The highest BCUT2D eigenvalue weighted by molar-refractivity contribution is 5.68. The Bertz CT molecular complexity index is 851. The van der Waals surface area contributed by atoms with Crippen LogP contribution < -0.4 is 5.32 Å². The zero-order valence-corrected chi connectivity index (χ0v) is 14.8. The molecular formula is C24H25N. The van der Waals surface area contributed by atoms with E-state index in [-0.39, 0.29) is 0 Å². The Hall–Kier alpha value is -2.38. The van der Waals surface area contributed by atoms with Gasteiger partial charge in [-0.1, -0.05) is 72.8 Å². The third kappa shape index (κ3) is 3.38. The van der Waals surface area contributed by atoms with Crippen LogP contribution in [0.1, 0.15) is 41.1 Å². The van der Waals surface area contributed by atoms with Gasteiger partial charge in [0.15, 0.2) is 0 Å². The van der Waals surface area contributed by atoms with E-state index in [0.717, 1.165) is 6.54 Å². The van der Waals surface area contributed by atoms with Crippen molar-refractivity contribution < 1.29 is 0 Å². The van der Waals surface area contributed by atoms with E-state index < -0.39 is 0 Å². The van der Waals surface area contributed by atoms with Crippen LogP contribution in [0.3, 0.4) is 0 Å². The van der Waals surface area contributed by atoms with Gasteiger partial charge in [0.2, 0.25) is 0 Å². The van der Waals surface area contributed by atoms with Crippen LogP contribution in [0.25, 0.3) is 11.1 Å². The first-order chi connectivity index (χ1) is 12.3. The van der Waals surface area contributed by atoms with Crippen molar-refractivity contribution in [2.24, 2.45) is 0 Å². The summed E-state index contributed by atoms with van der Waals surface area (Å²) < 4.78 is 0. The molecule has 0 saturated carbocycles.